The van der Waals surface area contributed by atoms with Crippen LogP contribution in [0.2, 0.25) is 0 Å². The van der Waals surface area contributed by atoms with Crippen LogP contribution >= 0.6 is 24.8 Å². The molecule has 1 N–H and O–H groups in total. The zero-order valence-corrected chi connectivity index (χ0v) is 10.6. The number of nitrogens with zero attached hydrogens (tertiary/aromatic N) is 2. The third-order valence-corrected chi connectivity index (χ3v) is 3.37. The van der Waals surface area contributed by atoms with Crippen molar-refractivity contribution >= 4 is 30.5 Å². The molecule has 3 rings (SSSR count). The van der Waals surface area contributed by atoms with E-state index in [0.717, 1.165) is 18.5 Å². The number of nitrogens with one attached hydrogen (secondary N) is 1. The van der Waals surface area contributed by atoms with Gasteiger partial charge < -0.3 is 10.2 Å². The van der Waals surface area contributed by atoms with E-state index in [1.165, 1.54) is 25.2 Å². The Morgan fingerprint density at radius 1 is 1.31 bits per heavy atom. The Balaban J connectivity index is 0.000000640. The fourth-order valence-corrected chi connectivity index (χ4v) is 2.60. The third-order valence-electron chi connectivity index (χ3n) is 3.37. The summed E-state index contributed by atoms with van der Waals surface area (Å²) >= 11 is 0. The van der Waals surface area contributed by atoms with Gasteiger partial charge in [0.1, 0.15) is 0 Å². The highest BCUT2D eigenvalue weighted by atomic mass is 35.5. The normalized spacial score (nSPS) is 26.9. The van der Waals surface area contributed by atoms with E-state index >= 15 is 0 Å². The van der Waals surface area contributed by atoms with Crippen molar-refractivity contribution in [3.8, 4) is 0 Å². The van der Waals surface area contributed by atoms with Crippen LogP contribution in [0.15, 0.2) is 24.5 Å². The lowest BCUT2D eigenvalue weighted by Crippen LogP contribution is -2.30. The molecular formula is C11H17Cl2N3. The number of hydrogen-bond donors (Lipinski definition) is 1. The smallest absolute Gasteiger partial charge is 0.0553 e. The number of hydrogen-bond acceptors (Lipinski definition) is 3. The highest BCUT2D eigenvalue weighted by Gasteiger charge is 2.35. The van der Waals surface area contributed by atoms with Crippen molar-refractivity contribution in [2.45, 2.75) is 12.5 Å². The zero-order chi connectivity index (χ0) is 9.38. The number of fused-ring (bicyclic) bond motifs is 1. The largest absolute Gasteiger partial charge is 0.368 e. The summed E-state index contributed by atoms with van der Waals surface area (Å²) in [6, 6.07) is 4.88. The van der Waals surface area contributed by atoms with Crippen molar-refractivity contribution in [3.63, 3.8) is 0 Å². The van der Waals surface area contributed by atoms with E-state index in [1.54, 1.807) is 0 Å². The average Bonchev–Trinajstić information content (AvgIpc) is 2.78. The molecule has 2 fully saturated rings. The number of halogens is 2. The summed E-state index contributed by atoms with van der Waals surface area (Å²) in [4.78, 5) is 6.60. The minimum atomic E-state index is 0. The summed E-state index contributed by atoms with van der Waals surface area (Å²) in [5.41, 5.74) is 1.27. The molecule has 2 aliphatic heterocycles. The summed E-state index contributed by atoms with van der Waals surface area (Å²) in [5.74, 6) is 0.857. The number of rotatable bonds is 1. The Hall–Kier alpha value is -0.510. The van der Waals surface area contributed by atoms with Crippen LogP contribution in [-0.4, -0.2) is 30.7 Å². The maximum absolute atomic E-state index is 4.16. The first kappa shape index (κ1) is 13.6. The first-order chi connectivity index (χ1) is 6.93. The zero-order valence-electron chi connectivity index (χ0n) is 9.00. The predicted molar refractivity (Wildman–Crippen MR) is 70.8 cm³/mol. The molecule has 0 bridgehead atoms. The monoisotopic (exact) mass is 261 g/mol. The van der Waals surface area contributed by atoms with Crippen LogP contribution in [0.5, 0.6) is 0 Å². The Morgan fingerprint density at radius 2 is 2.19 bits per heavy atom. The summed E-state index contributed by atoms with van der Waals surface area (Å²) in [6.45, 7) is 3.55. The van der Waals surface area contributed by atoms with E-state index in [0.29, 0.717) is 0 Å². The summed E-state index contributed by atoms with van der Waals surface area (Å²) in [6.07, 6.45) is 5.13. The van der Waals surface area contributed by atoms with Crippen LogP contribution in [0.3, 0.4) is 0 Å². The summed E-state index contributed by atoms with van der Waals surface area (Å²) < 4.78 is 0. The van der Waals surface area contributed by atoms with E-state index < -0.39 is 0 Å². The fraction of sp³-hybridized carbons (Fsp3) is 0.545. The first-order valence-corrected chi connectivity index (χ1v) is 5.32. The predicted octanol–water partition coefficient (Wildman–Crippen LogP) is 1.72. The van der Waals surface area contributed by atoms with Gasteiger partial charge in [-0.25, -0.2) is 0 Å². The van der Waals surface area contributed by atoms with Gasteiger partial charge in [-0.3, -0.25) is 4.98 Å². The quantitative estimate of drug-likeness (QED) is 0.835. The minimum Gasteiger partial charge on any atom is -0.368 e. The molecule has 90 valence electrons. The van der Waals surface area contributed by atoms with E-state index in [4.69, 9.17) is 0 Å². The molecule has 0 spiro atoms. The minimum absolute atomic E-state index is 0. The topological polar surface area (TPSA) is 28.2 Å². The van der Waals surface area contributed by atoms with Crippen molar-refractivity contribution in [3.05, 3.63) is 24.5 Å². The van der Waals surface area contributed by atoms with Crippen molar-refractivity contribution in [2.75, 3.05) is 24.5 Å². The molecule has 2 saturated heterocycles. The first-order valence-electron chi connectivity index (χ1n) is 5.32. The molecule has 0 aliphatic carbocycles. The molecule has 0 unspecified atom stereocenters. The molecule has 2 aliphatic rings. The van der Waals surface area contributed by atoms with Crippen LogP contribution < -0.4 is 10.2 Å². The van der Waals surface area contributed by atoms with Crippen LogP contribution in [0.25, 0.3) is 0 Å². The second-order valence-electron chi connectivity index (χ2n) is 4.23. The van der Waals surface area contributed by atoms with Gasteiger partial charge in [0, 0.05) is 25.3 Å². The van der Waals surface area contributed by atoms with Gasteiger partial charge >= 0.3 is 0 Å². The molecular weight excluding hydrogens is 245 g/mol. The molecule has 5 heteroatoms. The van der Waals surface area contributed by atoms with Crippen molar-refractivity contribution in [2.24, 2.45) is 5.92 Å². The van der Waals surface area contributed by atoms with Crippen LogP contribution in [0.4, 0.5) is 5.69 Å². The Kier molecular flexibility index (Phi) is 4.84. The molecule has 0 amide bonds. The standard InChI is InChI=1S/C11H15N3.2ClH/c1-2-10(6-12-4-1)14-7-9-3-5-13-11(9)8-14;;/h1-2,4,6,9,11,13H,3,5,7-8H2;2*1H/t9-,11+;;/m1../s1. The van der Waals surface area contributed by atoms with E-state index in [2.05, 4.69) is 21.3 Å². The molecule has 0 radical (unpaired) electrons. The number of aromatic nitrogens is 1. The van der Waals surface area contributed by atoms with Gasteiger partial charge in [0.05, 0.1) is 11.9 Å². The van der Waals surface area contributed by atoms with Gasteiger partial charge in [-0.05, 0) is 31.0 Å². The van der Waals surface area contributed by atoms with Gasteiger partial charge in [0.2, 0.25) is 0 Å². The molecule has 16 heavy (non-hydrogen) atoms. The molecule has 0 aromatic carbocycles. The highest BCUT2D eigenvalue weighted by Crippen LogP contribution is 2.28. The lowest BCUT2D eigenvalue weighted by molar-refractivity contribution is 0.556. The van der Waals surface area contributed by atoms with Gasteiger partial charge in [0.15, 0.2) is 0 Å². The fourth-order valence-electron chi connectivity index (χ4n) is 2.60. The van der Waals surface area contributed by atoms with Gasteiger partial charge in [-0.2, -0.15) is 0 Å². The van der Waals surface area contributed by atoms with Crippen molar-refractivity contribution in [1.29, 1.82) is 0 Å². The maximum atomic E-state index is 4.16. The third kappa shape index (κ3) is 2.42. The highest BCUT2D eigenvalue weighted by molar-refractivity contribution is 5.85. The number of anilines is 1. The van der Waals surface area contributed by atoms with E-state index in [9.17, 15) is 0 Å². The number of pyridine rings is 1. The second kappa shape index (κ2) is 5.71. The van der Waals surface area contributed by atoms with Crippen LogP contribution in [-0.2, 0) is 0 Å². The summed E-state index contributed by atoms with van der Waals surface area (Å²) in [5, 5.41) is 3.56. The Morgan fingerprint density at radius 3 is 2.88 bits per heavy atom. The average molecular weight is 262 g/mol. The van der Waals surface area contributed by atoms with Gasteiger partial charge in [-0.15, -0.1) is 24.8 Å². The van der Waals surface area contributed by atoms with Gasteiger partial charge in [-0.1, -0.05) is 0 Å². The van der Waals surface area contributed by atoms with E-state index in [1.807, 2.05) is 18.5 Å². The molecule has 1 aromatic rings. The van der Waals surface area contributed by atoms with Crippen LogP contribution in [0, 0.1) is 5.92 Å². The molecule has 1 aromatic heterocycles. The molecule has 0 saturated carbocycles. The van der Waals surface area contributed by atoms with Gasteiger partial charge in [0.25, 0.3) is 0 Å². The second-order valence-corrected chi connectivity index (χ2v) is 4.23. The SMILES string of the molecule is Cl.Cl.c1cncc(N2C[C@H]3CCN[C@H]3C2)c1. The van der Waals surface area contributed by atoms with Crippen molar-refractivity contribution in [1.82, 2.24) is 10.3 Å². The Bertz CT molecular complexity index is 308. The summed E-state index contributed by atoms with van der Waals surface area (Å²) in [7, 11) is 0. The lowest BCUT2D eigenvalue weighted by atomic mass is 10.1. The maximum Gasteiger partial charge on any atom is 0.0553 e. The van der Waals surface area contributed by atoms with Crippen molar-refractivity contribution < 1.29 is 0 Å². The van der Waals surface area contributed by atoms with Crippen LogP contribution in [0.1, 0.15) is 6.42 Å². The molecule has 3 nitrogen and oxygen atoms in total. The Labute approximate surface area is 108 Å². The molecule has 2 atom stereocenters. The lowest BCUT2D eigenvalue weighted by Gasteiger charge is -2.18. The van der Waals surface area contributed by atoms with E-state index in [-0.39, 0.29) is 24.8 Å². The molecule has 3 heterocycles.